The van der Waals surface area contributed by atoms with Crippen LogP contribution in [0, 0.1) is 10.1 Å². The molecule has 3 aromatic rings. The zero-order valence-corrected chi connectivity index (χ0v) is 11.7. The van der Waals surface area contributed by atoms with Gasteiger partial charge in [0.1, 0.15) is 11.3 Å². The molecule has 0 aliphatic heterocycles. The van der Waals surface area contributed by atoms with Crippen LogP contribution in [-0.2, 0) is 0 Å². The average molecular weight is 339 g/mol. The number of aromatic nitrogens is 2. The summed E-state index contributed by atoms with van der Waals surface area (Å²) in [6.07, 6.45) is -4.85. The van der Waals surface area contributed by atoms with E-state index in [2.05, 4.69) is 9.72 Å². The quantitative estimate of drug-likeness (QED) is 0.446. The van der Waals surface area contributed by atoms with E-state index in [1.165, 1.54) is 24.3 Å². The first-order valence-corrected chi connectivity index (χ1v) is 6.47. The molecule has 1 aromatic heterocycles. The summed E-state index contributed by atoms with van der Waals surface area (Å²) >= 11 is 0. The Kier molecular flexibility index (Phi) is 3.51. The number of imidazole rings is 1. The van der Waals surface area contributed by atoms with Crippen molar-refractivity contribution in [2.45, 2.75) is 6.36 Å². The maximum Gasteiger partial charge on any atom is 0.573 e. The van der Waals surface area contributed by atoms with Crippen LogP contribution in [0.1, 0.15) is 0 Å². The van der Waals surface area contributed by atoms with Gasteiger partial charge >= 0.3 is 6.36 Å². The Balaban J connectivity index is 2.08. The smallest absolute Gasteiger partial charge is 0.426 e. The lowest BCUT2D eigenvalue weighted by molar-refractivity contribution is -0.384. The molecule has 0 saturated heterocycles. The number of nitrogens with zero attached hydrogens (tertiary/aromatic N) is 3. The fraction of sp³-hybridized carbons (Fsp3) is 0.0714. The van der Waals surface area contributed by atoms with E-state index in [1.807, 2.05) is 0 Å². The van der Waals surface area contributed by atoms with Crippen molar-refractivity contribution in [2.75, 3.05) is 0 Å². The van der Waals surface area contributed by atoms with E-state index in [9.17, 15) is 28.5 Å². The van der Waals surface area contributed by atoms with Crippen LogP contribution in [0.3, 0.4) is 0 Å². The van der Waals surface area contributed by atoms with Crippen molar-refractivity contribution in [3.05, 3.63) is 52.6 Å². The largest absolute Gasteiger partial charge is 0.573 e. The predicted molar refractivity (Wildman–Crippen MR) is 75.7 cm³/mol. The van der Waals surface area contributed by atoms with Crippen LogP contribution < -0.4 is 4.74 Å². The highest BCUT2D eigenvalue weighted by atomic mass is 19.4. The summed E-state index contributed by atoms with van der Waals surface area (Å²) < 4.78 is 41.3. The first-order chi connectivity index (χ1) is 11.2. The number of alkyl halides is 3. The van der Waals surface area contributed by atoms with E-state index < -0.39 is 17.0 Å². The zero-order valence-electron chi connectivity index (χ0n) is 11.7. The molecule has 0 saturated carbocycles. The first-order valence-electron chi connectivity index (χ1n) is 6.47. The van der Waals surface area contributed by atoms with Crippen molar-refractivity contribution < 1.29 is 28.0 Å². The fourth-order valence-electron chi connectivity index (χ4n) is 2.18. The summed E-state index contributed by atoms with van der Waals surface area (Å²) in [5.41, 5.74) is 0.207. The van der Waals surface area contributed by atoms with Crippen molar-refractivity contribution in [2.24, 2.45) is 0 Å². The van der Waals surface area contributed by atoms with Crippen molar-refractivity contribution in [3.8, 4) is 17.1 Å². The molecular weight excluding hydrogens is 331 g/mol. The van der Waals surface area contributed by atoms with E-state index in [4.69, 9.17) is 0 Å². The molecule has 0 atom stereocenters. The second-order valence-corrected chi connectivity index (χ2v) is 4.75. The molecule has 3 rings (SSSR count). The van der Waals surface area contributed by atoms with Gasteiger partial charge in [0, 0.05) is 17.7 Å². The highest BCUT2D eigenvalue weighted by Crippen LogP contribution is 2.30. The second-order valence-electron chi connectivity index (χ2n) is 4.75. The second kappa shape index (κ2) is 5.41. The van der Waals surface area contributed by atoms with Gasteiger partial charge in [-0.25, -0.2) is 4.98 Å². The fourth-order valence-corrected chi connectivity index (χ4v) is 2.18. The van der Waals surface area contributed by atoms with Gasteiger partial charge in [0.15, 0.2) is 5.82 Å². The summed E-state index contributed by atoms with van der Waals surface area (Å²) in [5, 5.41) is 20.9. The third-order valence-electron chi connectivity index (χ3n) is 3.15. The average Bonchev–Trinajstić information content (AvgIpc) is 2.82. The van der Waals surface area contributed by atoms with E-state index in [1.54, 1.807) is 0 Å². The number of benzene rings is 2. The van der Waals surface area contributed by atoms with E-state index >= 15 is 0 Å². The summed E-state index contributed by atoms with van der Waals surface area (Å²) in [5.74, 6) is -0.545. The van der Waals surface area contributed by atoms with Gasteiger partial charge in [-0.15, -0.1) is 13.2 Å². The van der Waals surface area contributed by atoms with Crippen molar-refractivity contribution in [1.82, 2.24) is 9.71 Å². The van der Waals surface area contributed by atoms with Crippen LogP contribution in [0.25, 0.3) is 22.4 Å². The van der Waals surface area contributed by atoms with E-state index in [0.29, 0.717) is 4.73 Å². The lowest BCUT2D eigenvalue weighted by Gasteiger charge is -2.09. The van der Waals surface area contributed by atoms with Crippen molar-refractivity contribution in [1.29, 1.82) is 0 Å². The minimum absolute atomic E-state index is 0.0568. The minimum Gasteiger partial charge on any atom is -0.426 e. The Morgan fingerprint density at radius 2 is 1.96 bits per heavy atom. The molecule has 2 aromatic carbocycles. The number of non-ortho nitro benzene ring substituents is 1. The topological polar surface area (TPSA) is 90.4 Å². The predicted octanol–water partition coefficient (Wildman–Crippen LogP) is 3.75. The number of rotatable bonds is 3. The highest BCUT2D eigenvalue weighted by molar-refractivity contribution is 5.82. The van der Waals surface area contributed by atoms with Gasteiger partial charge < -0.3 is 9.94 Å². The van der Waals surface area contributed by atoms with Crippen LogP contribution in [0.2, 0.25) is 0 Å². The number of hydrogen-bond donors (Lipinski definition) is 1. The Morgan fingerprint density at radius 1 is 1.21 bits per heavy atom. The molecule has 0 aliphatic rings. The minimum atomic E-state index is -4.85. The Bertz CT molecular complexity index is 937. The number of hydrogen-bond acceptors (Lipinski definition) is 5. The van der Waals surface area contributed by atoms with Crippen molar-refractivity contribution in [3.63, 3.8) is 0 Å². The standard InChI is InChI=1S/C14H8F3N3O4/c15-14(16,17)24-10-3-1-2-8(6-10)13-18-11-5-4-9(20(22)23)7-12(11)19(13)21/h1-7,21H. The summed E-state index contributed by atoms with van der Waals surface area (Å²) in [4.78, 5) is 14.2. The number of fused-ring (bicyclic) bond motifs is 1. The Labute approximate surface area is 131 Å². The molecule has 10 heteroatoms. The molecule has 0 unspecified atom stereocenters. The first kappa shape index (κ1) is 15.6. The summed E-state index contributed by atoms with van der Waals surface area (Å²) in [7, 11) is 0. The maximum absolute atomic E-state index is 12.3. The number of nitro groups is 1. The number of nitro benzene ring substituents is 1. The van der Waals surface area contributed by atoms with Crippen LogP contribution in [0.5, 0.6) is 5.75 Å². The van der Waals surface area contributed by atoms with Gasteiger partial charge in [0.2, 0.25) is 0 Å². The monoisotopic (exact) mass is 339 g/mol. The Morgan fingerprint density at radius 3 is 2.62 bits per heavy atom. The molecule has 1 heterocycles. The molecule has 0 amide bonds. The number of halogens is 3. The summed E-state index contributed by atoms with van der Waals surface area (Å²) in [6.45, 7) is 0. The van der Waals surface area contributed by atoms with Gasteiger partial charge in [0.25, 0.3) is 5.69 Å². The van der Waals surface area contributed by atoms with Gasteiger partial charge in [-0.05, 0) is 18.2 Å². The van der Waals surface area contributed by atoms with Crippen LogP contribution >= 0.6 is 0 Å². The van der Waals surface area contributed by atoms with E-state index in [-0.39, 0.29) is 28.1 Å². The lowest BCUT2D eigenvalue weighted by atomic mass is 10.2. The highest BCUT2D eigenvalue weighted by Gasteiger charge is 2.31. The van der Waals surface area contributed by atoms with Gasteiger partial charge in [-0.1, -0.05) is 12.1 Å². The SMILES string of the molecule is O=[N+]([O-])c1ccc2nc(-c3cccc(OC(F)(F)F)c3)n(O)c2c1. The molecule has 0 aliphatic carbocycles. The zero-order chi connectivity index (χ0) is 17.5. The molecular formula is C14H8F3N3O4. The number of ether oxygens (including phenoxy) is 1. The van der Waals surface area contributed by atoms with Crippen LogP contribution in [0.4, 0.5) is 18.9 Å². The van der Waals surface area contributed by atoms with Gasteiger partial charge in [-0.2, -0.15) is 4.73 Å². The van der Waals surface area contributed by atoms with Gasteiger partial charge in [-0.3, -0.25) is 10.1 Å². The molecule has 0 bridgehead atoms. The Hall–Kier alpha value is -3.30. The molecule has 0 radical (unpaired) electrons. The third-order valence-corrected chi connectivity index (χ3v) is 3.15. The lowest BCUT2D eigenvalue weighted by Crippen LogP contribution is -2.17. The maximum atomic E-state index is 12.3. The van der Waals surface area contributed by atoms with Crippen LogP contribution in [0.15, 0.2) is 42.5 Å². The molecule has 24 heavy (non-hydrogen) atoms. The van der Waals surface area contributed by atoms with Crippen molar-refractivity contribution >= 4 is 16.7 Å². The molecule has 124 valence electrons. The van der Waals surface area contributed by atoms with Crippen LogP contribution in [-0.4, -0.2) is 26.2 Å². The molecule has 0 spiro atoms. The van der Waals surface area contributed by atoms with Gasteiger partial charge in [0.05, 0.1) is 10.4 Å². The molecule has 7 nitrogen and oxygen atoms in total. The normalized spacial score (nSPS) is 11.6. The molecule has 0 fully saturated rings. The summed E-state index contributed by atoms with van der Waals surface area (Å²) in [6, 6.07) is 8.54. The third kappa shape index (κ3) is 2.93. The molecule has 1 N–H and O–H groups in total. The van der Waals surface area contributed by atoms with E-state index in [0.717, 1.165) is 18.2 Å².